The third-order valence-corrected chi connectivity index (χ3v) is 2.91. The maximum atomic E-state index is 12.1. The smallest absolute Gasteiger partial charge is 0.313 e. The second-order valence-electron chi connectivity index (χ2n) is 4.66. The van der Waals surface area contributed by atoms with Gasteiger partial charge in [-0.15, -0.1) is 0 Å². The lowest BCUT2D eigenvalue weighted by Gasteiger charge is -2.20. The second kappa shape index (κ2) is 8.04. The van der Waals surface area contributed by atoms with Crippen molar-refractivity contribution < 1.29 is 14.4 Å². The largest absolute Gasteiger partial charge is 0.366 e. The quantitative estimate of drug-likeness (QED) is 0.775. The molecule has 0 aromatic heterocycles. The maximum Gasteiger partial charge on any atom is 0.313 e. The van der Waals surface area contributed by atoms with Gasteiger partial charge in [-0.1, -0.05) is 26.0 Å². The van der Waals surface area contributed by atoms with Crippen LogP contribution in [0.3, 0.4) is 0 Å². The van der Waals surface area contributed by atoms with Crippen molar-refractivity contribution in [3.8, 4) is 0 Å². The number of hydrogen-bond acceptors (Lipinski definition) is 3. The topological polar surface area (TPSA) is 92.5 Å². The second-order valence-corrected chi connectivity index (χ2v) is 4.66. The van der Waals surface area contributed by atoms with Crippen molar-refractivity contribution in [3.63, 3.8) is 0 Å². The number of benzene rings is 1. The molecule has 0 fully saturated rings. The molecular weight excluding hydrogens is 270 g/mol. The van der Waals surface area contributed by atoms with E-state index in [4.69, 9.17) is 5.73 Å². The molecule has 0 bridgehead atoms. The minimum atomic E-state index is -0.759. The Bertz CT molecular complexity index is 523. The molecule has 0 aliphatic rings. The van der Waals surface area contributed by atoms with Gasteiger partial charge >= 0.3 is 11.8 Å². The molecular formula is C15H21N3O3. The molecule has 21 heavy (non-hydrogen) atoms. The molecule has 0 spiro atoms. The van der Waals surface area contributed by atoms with E-state index >= 15 is 0 Å². The fourth-order valence-corrected chi connectivity index (χ4v) is 1.98. The first-order chi connectivity index (χ1) is 10.0. The maximum absolute atomic E-state index is 12.1. The van der Waals surface area contributed by atoms with Gasteiger partial charge in [-0.3, -0.25) is 14.4 Å². The Kier molecular flexibility index (Phi) is 6.39. The summed E-state index contributed by atoms with van der Waals surface area (Å²) in [7, 11) is 0. The molecule has 6 heteroatoms. The summed E-state index contributed by atoms with van der Waals surface area (Å²) in [4.78, 5) is 36.9. The number of carbonyl (C=O) groups is 3. The molecule has 0 unspecified atom stereocenters. The molecule has 0 aliphatic carbocycles. The van der Waals surface area contributed by atoms with Crippen LogP contribution in [-0.4, -0.2) is 35.7 Å². The van der Waals surface area contributed by atoms with Crippen LogP contribution in [0.15, 0.2) is 24.3 Å². The zero-order chi connectivity index (χ0) is 15.8. The normalized spacial score (nSPS) is 10.0. The van der Waals surface area contributed by atoms with E-state index in [1.807, 2.05) is 13.8 Å². The molecule has 0 saturated heterocycles. The molecule has 3 amide bonds. The Labute approximate surface area is 124 Å². The fraction of sp³-hybridized carbons (Fsp3) is 0.400. The highest BCUT2D eigenvalue weighted by Gasteiger charge is 2.21. The number of para-hydroxylation sites is 1. The van der Waals surface area contributed by atoms with Gasteiger partial charge in [0, 0.05) is 13.1 Å². The zero-order valence-electron chi connectivity index (χ0n) is 12.4. The Morgan fingerprint density at radius 3 is 2.19 bits per heavy atom. The lowest BCUT2D eigenvalue weighted by Crippen LogP contribution is -2.40. The number of anilines is 1. The molecule has 3 N–H and O–H groups in total. The molecule has 1 aromatic carbocycles. The van der Waals surface area contributed by atoms with Crippen LogP contribution < -0.4 is 11.1 Å². The minimum Gasteiger partial charge on any atom is -0.366 e. The number of carbonyl (C=O) groups excluding carboxylic acids is 3. The van der Waals surface area contributed by atoms with E-state index < -0.39 is 17.7 Å². The van der Waals surface area contributed by atoms with Gasteiger partial charge in [-0.2, -0.15) is 0 Å². The number of nitrogens with one attached hydrogen (secondary N) is 1. The lowest BCUT2D eigenvalue weighted by molar-refractivity contribution is -0.143. The van der Waals surface area contributed by atoms with E-state index in [9.17, 15) is 14.4 Å². The van der Waals surface area contributed by atoms with E-state index in [-0.39, 0.29) is 11.3 Å². The summed E-state index contributed by atoms with van der Waals surface area (Å²) in [5.41, 5.74) is 5.66. The number of amides is 3. The molecule has 1 aromatic rings. The minimum absolute atomic E-state index is 0.177. The molecule has 0 radical (unpaired) electrons. The average Bonchev–Trinajstić information content (AvgIpc) is 2.46. The van der Waals surface area contributed by atoms with Crippen LogP contribution in [0.1, 0.15) is 37.0 Å². The standard InChI is InChI=1S/C15H21N3O3/c1-3-9-18(10-4-2)15(21)14(20)17-12-8-6-5-7-11(12)13(16)19/h5-8H,3-4,9-10H2,1-2H3,(H2,16,19)(H,17,20). The van der Waals surface area contributed by atoms with Gasteiger partial charge in [0.2, 0.25) is 0 Å². The van der Waals surface area contributed by atoms with Crippen LogP contribution in [0, 0.1) is 0 Å². The number of rotatable bonds is 6. The highest BCUT2D eigenvalue weighted by molar-refractivity contribution is 6.39. The van der Waals surface area contributed by atoms with Gasteiger partial charge in [-0.05, 0) is 25.0 Å². The molecule has 114 valence electrons. The van der Waals surface area contributed by atoms with Gasteiger partial charge in [0.25, 0.3) is 5.91 Å². The van der Waals surface area contributed by atoms with Crippen LogP contribution in [0.2, 0.25) is 0 Å². The monoisotopic (exact) mass is 291 g/mol. The summed E-state index contributed by atoms with van der Waals surface area (Å²) >= 11 is 0. The Morgan fingerprint density at radius 2 is 1.67 bits per heavy atom. The van der Waals surface area contributed by atoms with Crippen molar-refractivity contribution in [2.24, 2.45) is 5.73 Å². The third kappa shape index (κ3) is 4.59. The van der Waals surface area contributed by atoms with Gasteiger partial charge in [0.05, 0.1) is 11.3 Å². The highest BCUT2D eigenvalue weighted by Crippen LogP contribution is 2.14. The van der Waals surface area contributed by atoms with Crippen molar-refractivity contribution in [1.29, 1.82) is 0 Å². The van der Waals surface area contributed by atoms with E-state index in [1.54, 1.807) is 12.1 Å². The molecule has 6 nitrogen and oxygen atoms in total. The SMILES string of the molecule is CCCN(CCC)C(=O)C(=O)Nc1ccccc1C(N)=O. The number of primary amides is 1. The predicted molar refractivity (Wildman–Crippen MR) is 80.8 cm³/mol. The lowest BCUT2D eigenvalue weighted by atomic mass is 10.1. The summed E-state index contributed by atoms with van der Waals surface area (Å²) in [6, 6.07) is 6.33. The summed E-state index contributed by atoms with van der Waals surface area (Å²) in [6.45, 7) is 4.93. The Balaban J connectivity index is 2.85. The van der Waals surface area contributed by atoms with Crippen molar-refractivity contribution in [1.82, 2.24) is 4.90 Å². The van der Waals surface area contributed by atoms with Gasteiger partial charge in [-0.25, -0.2) is 0 Å². The zero-order valence-corrected chi connectivity index (χ0v) is 12.4. The van der Waals surface area contributed by atoms with Crippen molar-refractivity contribution in [3.05, 3.63) is 29.8 Å². The highest BCUT2D eigenvalue weighted by atomic mass is 16.2. The number of nitrogens with two attached hydrogens (primary N) is 1. The van der Waals surface area contributed by atoms with Gasteiger partial charge in [0.1, 0.15) is 0 Å². The number of nitrogens with zero attached hydrogens (tertiary/aromatic N) is 1. The van der Waals surface area contributed by atoms with Crippen molar-refractivity contribution in [2.45, 2.75) is 26.7 Å². The van der Waals surface area contributed by atoms with Crippen molar-refractivity contribution >= 4 is 23.4 Å². The molecule has 0 heterocycles. The van der Waals surface area contributed by atoms with Crippen LogP contribution in [0.5, 0.6) is 0 Å². The molecule has 1 rings (SSSR count). The molecule has 0 saturated carbocycles. The van der Waals surface area contributed by atoms with Gasteiger partial charge < -0.3 is 16.0 Å². The van der Waals surface area contributed by atoms with Crippen LogP contribution in [-0.2, 0) is 9.59 Å². The van der Waals surface area contributed by atoms with Crippen LogP contribution in [0.4, 0.5) is 5.69 Å². The Hall–Kier alpha value is -2.37. The number of hydrogen-bond donors (Lipinski definition) is 2. The van der Waals surface area contributed by atoms with Crippen LogP contribution in [0.25, 0.3) is 0 Å². The molecule has 0 atom stereocenters. The molecule has 0 aliphatic heterocycles. The van der Waals surface area contributed by atoms with E-state index in [1.165, 1.54) is 17.0 Å². The summed E-state index contributed by atoms with van der Waals surface area (Å²) in [6.07, 6.45) is 1.55. The third-order valence-electron chi connectivity index (χ3n) is 2.91. The summed E-state index contributed by atoms with van der Waals surface area (Å²) in [5, 5.41) is 2.46. The Morgan fingerprint density at radius 1 is 1.10 bits per heavy atom. The first-order valence-electron chi connectivity index (χ1n) is 7.00. The fourth-order valence-electron chi connectivity index (χ4n) is 1.98. The average molecular weight is 291 g/mol. The van der Waals surface area contributed by atoms with E-state index in [2.05, 4.69) is 5.32 Å². The predicted octanol–water partition coefficient (Wildman–Crippen LogP) is 1.37. The summed E-state index contributed by atoms with van der Waals surface area (Å²) < 4.78 is 0. The summed E-state index contributed by atoms with van der Waals surface area (Å²) in [5.74, 6) is -2.01. The first kappa shape index (κ1) is 16.7. The van der Waals surface area contributed by atoms with Crippen LogP contribution >= 0.6 is 0 Å². The first-order valence-corrected chi connectivity index (χ1v) is 7.00. The van der Waals surface area contributed by atoms with E-state index in [0.717, 1.165) is 12.8 Å². The van der Waals surface area contributed by atoms with Crippen molar-refractivity contribution in [2.75, 3.05) is 18.4 Å². The van der Waals surface area contributed by atoms with Gasteiger partial charge in [0.15, 0.2) is 0 Å². The van der Waals surface area contributed by atoms with E-state index in [0.29, 0.717) is 13.1 Å².